The molecular formula is C21H18INO2. The SMILES string of the molecule is CC(Oc1ccc(-c2ccccc2)cc1)C(=O)Nc1ccc(I)cc1. The molecule has 0 aliphatic heterocycles. The molecule has 0 aliphatic rings. The Morgan fingerprint density at radius 2 is 1.48 bits per heavy atom. The zero-order valence-corrected chi connectivity index (χ0v) is 15.9. The average molecular weight is 443 g/mol. The zero-order valence-electron chi connectivity index (χ0n) is 13.8. The van der Waals surface area contributed by atoms with E-state index in [1.54, 1.807) is 6.92 Å². The molecule has 0 aliphatic carbocycles. The van der Waals surface area contributed by atoms with Gasteiger partial charge >= 0.3 is 0 Å². The van der Waals surface area contributed by atoms with Crippen LogP contribution >= 0.6 is 22.6 Å². The number of nitrogens with one attached hydrogen (secondary N) is 1. The second-order valence-corrected chi connectivity index (χ2v) is 6.89. The minimum atomic E-state index is -0.582. The maximum Gasteiger partial charge on any atom is 0.265 e. The molecule has 0 spiro atoms. The number of carbonyl (C=O) groups excluding carboxylic acids is 1. The highest BCUT2D eigenvalue weighted by Gasteiger charge is 2.15. The molecule has 4 heteroatoms. The van der Waals surface area contributed by atoms with Gasteiger partial charge in [-0.2, -0.15) is 0 Å². The van der Waals surface area contributed by atoms with Crippen molar-refractivity contribution < 1.29 is 9.53 Å². The van der Waals surface area contributed by atoms with Gasteiger partial charge in [0.05, 0.1) is 0 Å². The number of hydrogen-bond acceptors (Lipinski definition) is 2. The number of amides is 1. The first-order valence-electron chi connectivity index (χ1n) is 8.00. The molecule has 1 unspecified atom stereocenters. The smallest absolute Gasteiger partial charge is 0.265 e. The van der Waals surface area contributed by atoms with E-state index in [0.717, 1.165) is 20.4 Å². The molecule has 0 aromatic heterocycles. The van der Waals surface area contributed by atoms with Gasteiger partial charge in [-0.25, -0.2) is 0 Å². The molecular weight excluding hydrogens is 425 g/mol. The Balaban J connectivity index is 1.61. The molecule has 126 valence electrons. The molecule has 0 bridgehead atoms. The lowest BCUT2D eigenvalue weighted by Gasteiger charge is -2.15. The summed E-state index contributed by atoms with van der Waals surface area (Å²) in [5, 5.41) is 2.86. The van der Waals surface area contributed by atoms with Crippen molar-refractivity contribution in [2.75, 3.05) is 5.32 Å². The number of ether oxygens (including phenoxy) is 1. The monoisotopic (exact) mass is 443 g/mol. The van der Waals surface area contributed by atoms with Crippen LogP contribution in [-0.4, -0.2) is 12.0 Å². The normalized spacial score (nSPS) is 11.6. The van der Waals surface area contributed by atoms with Gasteiger partial charge in [-0.3, -0.25) is 4.79 Å². The summed E-state index contributed by atoms with van der Waals surface area (Å²) in [5.41, 5.74) is 3.03. The number of rotatable bonds is 5. The number of anilines is 1. The first-order chi connectivity index (χ1) is 12.1. The molecule has 3 aromatic rings. The Morgan fingerprint density at radius 1 is 0.880 bits per heavy atom. The highest BCUT2D eigenvalue weighted by molar-refractivity contribution is 14.1. The molecule has 0 heterocycles. The molecule has 0 saturated heterocycles. The summed E-state index contributed by atoms with van der Waals surface area (Å²) in [6, 6.07) is 25.6. The van der Waals surface area contributed by atoms with Crippen LogP contribution in [0.15, 0.2) is 78.9 Å². The van der Waals surface area contributed by atoms with Gasteiger partial charge < -0.3 is 10.1 Å². The van der Waals surface area contributed by atoms with Crippen LogP contribution in [0.1, 0.15) is 6.92 Å². The van der Waals surface area contributed by atoms with E-state index in [9.17, 15) is 4.79 Å². The Morgan fingerprint density at radius 3 is 2.12 bits per heavy atom. The number of halogens is 1. The summed E-state index contributed by atoms with van der Waals surface area (Å²) in [5.74, 6) is 0.498. The van der Waals surface area contributed by atoms with Crippen LogP contribution < -0.4 is 10.1 Å². The van der Waals surface area contributed by atoms with Crippen LogP contribution in [0.25, 0.3) is 11.1 Å². The van der Waals surface area contributed by atoms with Gasteiger partial charge in [0, 0.05) is 9.26 Å². The topological polar surface area (TPSA) is 38.3 Å². The third-order valence-corrected chi connectivity index (χ3v) is 4.47. The average Bonchev–Trinajstić information content (AvgIpc) is 2.65. The van der Waals surface area contributed by atoms with Crippen molar-refractivity contribution in [2.45, 2.75) is 13.0 Å². The minimum absolute atomic E-state index is 0.173. The van der Waals surface area contributed by atoms with Crippen LogP contribution in [0.3, 0.4) is 0 Å². The van der Waals surface area contributed by atoms with Crippen molar-refractivity contribution in [3.05, 3.63) is 82.4 Å². The van der Waals surface area contributed by atoms with Crippen molar-refractivity contribution in [1.82, 2.24) is 0 Å². The lowest BCUT2D eigenvalue weighted by atomic mass is 10.1. The largest absolute Gasteiger partial charge is 0.481 e. The predicted molar refractivity (Wildman–Crippen MR) is 110 cm³/mol. The standard InChI is InChI=1S/C21H18INO2/c1-15(21(24)23-19-11-9-18(22)10-12-19)25-20-13-7-17(8-14-20)16-5-3-2-4-6-16/h2-15H,1H3,(H,23,24). The van der Waals surface area contributed by atoms with Gasteiger partial charge in [0.2, 0.25) is 0 Å². The predicted octanol–water partition coefficient (Wildman–Crippen LogP) is 5.36. The first kappa shape index (κ1) is 17.5. The zero-order chi connectivity index (χ0) is 17.6. The maximum atomic E-state index is 12.3. The molecule has 1 amide bonds. The first-order valence-corrected chi connectivity index (χ1v) is 9.08. The summed E-state index contributed by atoms with van der Waals surface area (Å²) >= 11 is 2.23. The lowest BCUT2D eigenvalue weighted by Crippen LogP contribution is -2.30. The van der Waals surface area contributed by atoms with Crippen LogP contribution in [0.4, 0.5) is 5.69 Å². The van der Waals surface area contributed by atoms with E-state index in [4.69, 9.17) is 4.74 Å². The summed E-state index contributed by atoms with van der Waals surface area (Å²) in [6.07, 6.45) is -0.582. The number of hydrogen-bond donors (Lipinski definition) is 1. The molecule has 0 radical (unpaired) electrons. The summed E-state index contributed by atoms with van der Waals surface area (Å²) in [6.45, 7) is 1.74. The summed E-state index contributed by atoms with van der Waals surface area (Å²) in [7, 11) is 0. The summed E-state index contributed by atoms with van der Waals surface area (Å²) in [4.78, 5) is 12.3. The second-order valence-electron chi connectivity index (χ2n) is 5.65. The van der Waals surface area contributed by atoms with Gasteiger partial charge in [-0.05, 0) is 77.0 Å². The van der Waals surface area contributed by atoms with Crippen LogP contribution in [0.2, 0.25) is 0 Å². The Hall–Kier alpha value is -2.34. The van der Waals surface area contributed by atoms with E-state index in [1.807, 2.05) is 66.7 Å². The van der Waals surface area contributed by atoms with Gasteiger partial charge in [-0.15, -0.1) is 0 Å². The van der Waals surface area contributed by atoms with E-state index in [2.05, 4.69) is 40.0 Å². The molecule has 0 saturated carbocycles. The van der Waals surface area contributed by atoms with Gasteiger partial charge in [0.1, 0.15) is 5.75 Å². The van der Waals surface area contributed by atoms with E-state index in [-0.39, 0.29) is 5.91 Å². The maximum absolute atomic E-state index is 12.3. The quantitative estimate of drug-likeness (QED) is 0.539. The second kappa shape index (κ2) is 8.16. The van der Waals surface area contributed by atoms with Gasteiger partial charge in [0.25, 0.3) is 5.91 Å². The van der Waals surface area contributed by atoms with Crippen molar-refractivity contribution >= 4 is 34.2 Å². The number of benzene rings is 3. The van der Waals surface area contributed by atoms with Gasteiger partial charge in [0.15, 0.2) is 6.10 Å². The third-order valence-electron chi connectivity index (χ3n) is 3.76. The van der Waals surface area contributed by atoms with E-state index < -0.39 is 6.10 Å². The molecule has 0 fully saturated rings. The molecule has 3 nitrogen and oxygen atoms in total. The fourth-order valence-electron chi connectivity index (χ4n) is 2.39. The fraction of sp³-hybridized carbons (Fsp3) is 0.0952. The molecule has 1 atom stereocenters. The summed E-state index contributed by atoms with van der Waals surface area (Å²) < 4.78 is 6.87. The highest BCUT2D eigenvalue weighted by Crippen LogP contribution is 2.22. The Kier molecular flexibility index (Phi) is 5.71. The van der Waals surface area contributed by atoms with Crippen LogP contribution in [0, 0.1) is 3.57 Å². The van der Waals surface area contributed by atoms with Crippen LogP contribution in [0.5, 0.6) is 5.75 Å². The molecule has 3 rings (SSSR count). The number of carbonyl (C=O) groups is 1. The Labute approximate surface area is 161 Å². The minimum Gasteiger partial charge on any atom is -0.481 e. The van der Waals surface area contributed by atoms with Crippen molar-refractivity contribution in [3.8, 4) is 16.9 Å². The van der Waals surface area contributed by atoms with E-state index >= 15 is 0 Å². The van der Waals surface area contributed by atoms with E-state index in [1.165, 1.54) is 0 Å². The van der Waals surface area contributed by atoms with E-state index in [0.29, 0.717) is 5.75 Å². The fourth-order valence-corrected chi connectivity index (χ4v) is 2.75. The Bertz CT molecular complexity index is 830. The van der Waals surface area contributed by atoms with Gasteiger partial charge in [-0.1, -0.05) is 42.5 Å². The highest BCUT2D eigenvalue weighted by atomic mass is 127. The lowest BCUT2D eigenvalue weighted by molar-refractivity contribution is -0.122. The molecule has 1 N–H and O–H groups in total. The van der Waals surface area contributed by atoms with Crippen LogP contribution in [-0.2, 0) is 4.79 Å². The third kappa shape index (κ3) is 4.82. The van der Waals surface area contributed by atoms with Crippen molar-refractivity contribution in [3.63, 3.8) is 0 Å². The van der Waals surface area contributed by atoms with Crippen molar-refractivity contribution in [2.24, 2.45) is 0 Å². The molecule has 3 aromatic carbocycles. The molecule has 25 heavy (non-hydrogen) atoms. The van der Waals surface area contributed by atoms with Crippen molar-refractivity contribution in [1.29, 1.82) is 0 Å².